The van der Waals surface area contributed by atoms with E-state index in [1.54, 1.807) is 0 Å². The van der Waals surface area contributed by atoms with Gasteiger partial charge in [-0.1, -0.05) is 50.3 Å². The minimum absolute atomic E-state index is 0.0265. The molecule has 0 radical (unpaired) electrons. The van der Waals surface area contributed by atoms with Gasteiger partial charge in [0.25, 0.3) is 0 Å². The molecule has 1 fully saturated rings. The van der Waals surface area contributed by atoms with E-state index in [-0.39, 0.29) is 29.6 Å². The third-order valence-electron chi connectivity index (χ3n) is 5.44. The second-order valence-electron chi connectivity index (χ2n) is 7.86. The molecule has 0 aliphatic heterocycles. The van der Waals surface area contributed by atoms with Gasteiger partial charge in [0, 0.05) is 17.7 Å². The number of allylic oxidation sites excluding steroid dienone is 2. The van der Waals surface area contributed by atoms with Crippen molar-refractivity contribution in [2.24, 2.45) is 11.8 Å². The van der Waals surface area contributed by atoms with E-state index in [0.717, 1.165) is 24.0 Å². The largest absolute Gasteiger partial charge is 0.481 e. The Kier molecular flexibility index (Phi) is 8.33. The number of benzene rings is 1. The molecule has 5 heteroatoms. The van der Waals surface area contributed by atoms with Crippen LogP contribution >= 0.6 is 11.6 Å². The van der Waals surface area contributed by atoms with Gasteiger partial charge in [0.15, 0.2) is 0 Å². The van der Waals surface area contributed by atoms with E-state index >= 15 is 0 Å². The normalized spacial score (nSPS) is 26.7. The van der Waals surface area contributed by atoms with Gasteiger partial charge in [-0.25, -0.2) is 0 Å². The highest BCUT2D eigenvalue weighted by atomic mass is 35.5. The van der Waals surface area contributed by atoms with Crippen molar-refractivity contribution in [2.45, 2.75) is 69.5 Å². The topological polar surface area (TPSA) is 77.8 Å². The molecule has 0 aromatic heterocycles. The van der Waals surface area contributed by atoms with Crippen LogP contribution in [0.25, 0.3) is 0 Å². The molecule has 0 saturated heterocycles. The lowest BCUT2D eigenvalue weighted by molar-refractivity contribution is -0.137. The Hall–Kier alpha value is -1.36. The number of aliphatic hydroxyl groups is 2. The quantitative estimate of drug-likeness (QED) is 0.323. The highest BCUT2D eigenvalue weighted by molar-refractivity contribution is 6.21. The van der Waals surface area contributed by atoms with Crippen LogP contribution < -0.4 is 0 Å². The van der Waals surface area contributed by atoms with Crippen molar-refractivity contribution in [3.8, 4) is 0 Å². The molecule has 1 aromatic rings. The fraction of sp³-hybridized carbons (Fsp3) is 0.591. The highest BCUT2D eigenvalue weighted by Gasteiger charge is 2.41. The third-order valence-corrected chi connectivity index (χ3v) is 5.94. The second-order valence-corrected chi connectivity index (χ2v) is 8.42. The Labute approximate surface area is 166 Å². The van der Waals surface area contributed by atoms with E-state index in [1.165, 1.54) is 0 Å². The van der Waals surface area contributed by atoms with Crippen molar-refractivity contribution in [3.63, 3.8) is 0 Å². The molecule has 1 aromatic carbocycles. The molecular formula is C22H31ClO4. The summed E-state index contributed by atoms with van der Waals surface area (Å²) in [5.74, 6) is -0.506. The number of unbranched alkanes of at least 4 members (excludes halogenated alkanes) is 1. The summed E-state index contributed by atoms with van der Waals surface area (Å²) in [5, 5.41) is 29.3. The number of hydrogen-bond acceptors (Lipinski definition) is 3. The molecule has 150 valence electrons. The number of carboxylic acids is 1. The van der Waals surface area contributed by atoms with Gasteiger partial charge in [-0.2, -0.15) is 0 Å². The molecule has 1 aliphatic rings. The number of alkyl halides is 1. The maximum atomic E-state index is 10.5. The molecule has 5 atom stereocenters. The van der Waals surface area contributed by atoms with Crippen molar-refractivity contribution in [1.29, 1.82) is 0 Å². The average Bonchev–Trinajstić information content (AvgIpc) is 2.90. The lowest BCUT2D eigenvalue weighted by Crippen LogP contribution is -2.18. The first-order valence-corrected chi connectivity index (χ1v) is 10.2. The average molecular weight is 395 g/mol. The molecular weight excluding hydrogens is 364 g/mol. The Morgan fingerprint density at radius 1 is 1.26 bits per heavy atom. The van der Waals surface area contributed by atoms with Crippen LogP contribution in [0.5, 0.6) is 0 Å². The zero-order valence-electron chi connectivity index (χ0n) is 16.1. The standard InChI is InChI=1S/C22H31ClO4/c1-14(2)22(27)16-11-9-15(10-12-16)21-17(18(23)13-19(21)24)7-5-3-4-6-8-20(25)26/h3,5,9-12,14,17-19,21-22,24,27H,4,6-8,13H2,1-2H3,(H,25,26)/b5-3-/t17-,18+,19+,21+,22?/m0/s1. The summed E-state index contributed by atoms with van der Waals surface area (Å²) >= 11 is 6.51. The van der Waals surface area contributed by atoms with E-state index in [2.05, 4.69) is 6.08 Å². The zero-order valence-corrected chi connectivity index (χ0v) is 16.8. The van der Waals surface area contributed by atoms with Crippen LogP contribution in [-0.4, -0.2) is 32.8 Å². The van der Waals surface area contributed by atoms with Gasteiger partial charge in [-0.05, 0) is 48.6 Å². The van der Waals surface area contributed by atoms with Gasteiger partial charge in [-0.3, -0.25) is 4.79 Å². The molecule has 0 heterocycles. The summed E-state index contributed by atoms with van der Waals surface area (Å²) in [4.78, 5) is 10.5. The predicted molar refractivity (Wildman–Crippen MR) is 108 cm³/mol. The van der Waals surface area contributed by atoms with Gasteiger partial charge in [-0.15, -0.1) is 11.6 Å². The Morgan fingerprint density at radius 2 is 1.93 bits per heavy atom. The first-order valence-electron chi connectivity index (χ1n) is 9.78. The van der Waals surface area contributed by atoms with E-state index in [0.29, 0.717) is 12.8 Å². The van der Waals surface area contributed by atoms with Gasteiger partial charge in [0.1, 0.15) is 0 Å². The molecule has 1 unspecified atom stereocenters. The summed E-state index contributed by atoms with van der Waals surface area (Å²) in [6, 6.07) is 7.86. The molecule has 4 nitrogen and oxygen atoms in total. The number of carbonyl (C=O) groups is 1. The van der Waals surface area contributed by atoms with E-state index < -0.39 is 18.2 Å². The molecule has 0 spiro atoms. The van der Waals surface area contributed by atoms with Crippen molar-refractivity contribution in [2.75, 3.05) is 0 Å². The van der Waals surface area contributed by atoms with E-state index in [4.69, 9.17) is 16.7 Å². The lowest BCUT2D eigenvalue weighted by Gasteiger charge is -2.24. The summed E-state index contributed by atoms with van der Waals surface area (Å²) in [6.07, 6.45) is 5.99. The third kappa shape index (κ3) is 6.06. The summed E-state index contributed by atoms with van der Waals surface area (Å²) in [5.41, 5.74) is 1.94. The Bertz CT molecular complexity index is 626. The fourth-order valence-electron chi connectivity index (χ4n) is 3.87. The summed E-state index contributed by atoms with van der Waals surface area (Å²) in [7, 11) is 0. The first kappa shape index (κ1) is 21.9. The molecule has 1 aliphatic carbocycles. The Balaban J connectivity index is 2.02. The van der Waals surface area contributed by atoms with Crippen molar-refractivity contribution in [3.05, 3.63) is 47.5 Å². The number of halogens is 1. The minimum Gasteiger partial charge on any atom is -0.481 e. The predicted octanol–water partition coefficient (Wildman–Crippen LogP) is 4.65. The number of aliphatic hydroxyl groups excluding tert-OH is 2. The van der Waals surface area contributed by atoms with Crippen LogP contribution in [0.15, 0.2) is 36.4 Å². The van der Waals surface area contributed by atoms with Gasteiger partial charge >= 0.3 is 5.97 Å². The number of rotatable bonds is 9. The van der Waals surface area contributed by atoms with Gasteiger partial charge < -0.3 is 15.3 Å². The zero-order chi connectivity index (χ0) is 20.0. The van der Waals surface area contributed by atoms with Crippen LogP contribution in [0, 0.1) is 11.8 Å². The van der Waals surface area contributed by atoms with Crippen LogP contribution in [0.2, 0.25) is 0 Å². The first-order chi connectivity index (χ1) is 12.8. The SMILES string of the molecule is CC(C)C(O)c1ccc([C@@H]2[C@@H](C/C=C\CCCC(=O)O)[C@H](Cl)C[C@H]2O)cc1. The molecule has 27 heavy (non-hydrogen) atoms. The molecule has 1 saturated carbocycles. The second kappa shape index (κ2) is 10.3. The molecule has 3 N–H and O–H groups in total. The lowest BCUT2D eigenvalue weighted by atomic mass is 9.84. The maximum Gasteiger partial charge on any atom is 0.303 e. The monoisotopic (exact) mass is 394 g/mol. The number of hydrogen-bond donors (Lipinski definition) is 3. The summed E-state index contributed by atoms with van der Waals surface area (Å²) < 4.78 is 0. The van der Waals surface area contributed by atoms with E-state index in [9.17, 15) is 15.0 Å². The van der Waals surface area contributed by atoms with Crippen LogP contribution in [-0.2, 0) is 4.79 Å². The van der Waals surface area contributed by atoms with Crippen LogP contribution in [0.1, 0.15) is 69.1 Å². The van der Waals surface area contributed by atoms with Crippen LogP contribution in [0.3, 0.4) is 0 Å². The van der Waals surface area contributed by atoms with Gasteiger partial charge in [0.05, 0.1) is 12.2 Å². The fourth-order valence-corrected chi connectivity index (χ4v) is 4.31. The van der Waals surface area contributed by atoms with Crippen molar-refractivity contribution in [1.82, 2.24) is 0 Å². The minimum atomic E-state index is -0.769. The molecule has 0 bridgehead atoms. The van der Waals surface area contributed by atoms with Crippen molar-refractivity contribution >= 4 is 17.6 Å². The van der Waals surface area contributed by atoms with Gasteiger partial charge in [0.2, 0.25) is 0 Å². The maximum absolute atomic E-state index is 10.5. The number of aliphatic carboxylic acids is 1. The summed E-state index contributed by atoms with van der Waals surface area (Å²) in [6.45, 7) is 3.96. The van der Waals surface area contributed by atoms with Crippen LogP contribution in [0.4, 0.5) is 0 Å². The number of carboxylic acid groups (broad SMARTS) is 1. The van der Waals surface area contributed by atoms with E-state index in [1.807, 2.05) is 44.2 Å². The highest BCUT2D eigenvalue weighted by Crippen LogP contribution is 2.45. The Morgan fingerprint density at radius 3 is 2.52 bits per heavy atom. The van der Waals surface area contributed by atoms with Crippen molar-refractivity contribution < 1.29 is 20.1 Å². The molecule has 0 amide bonds. The smallest absolute Gasteiger partial charge is 0.303 e. The molecule has 2 rings (SSSR count).